The van der Waals surface area contributed by atoms with E-state index in [1.54, 1.807) is 0 Å². The summed E-state index contributed by atoms with van der Waals surface area (Å²) in [5.41, 5.74) is 5.42. The summed E-state index contributed by atoms with van der Waals surface area (Å²) in [6, 6.07) is 0. The number of nitrogens with zero attached hydrogens (tertiary/aromatic N) is 2. The second kappa shape index (κ2) is 3.45. The molecule has 0 spiro atoms. The molecule has 54 valence electrons. The lowest BCUT2D eigenvalue weighted by Gasteiger charge is -2.11. The van der Waals surface area contributed by atoms with Gasteiger partial charge in [-0.15, -0.1) is 0 Å². The molecular formula is C6H15N3. The Morgan fingerprint density at radius 2 is 2.00 bits per heavy atom. The van der Waals surface area contributed by atoms with Gasteiger partial charge in [0.25, 0.3) is 0 Å². The van der Waals surface area contributed by atoms with Crippen LogP contribution in [0.15, 0.2) is 4.99 Å². The molecule has 0 fully saturated rings. The van der Waals surface area contributed by atoms with Gasteiger partial charge in [0, 0.05) is 14.1 Å². The average molecular weight is 129 g/mol. The molecule has 3 nitrogen and oxygen atoms in total. The van der Waals surface area contributed by atoms with E-state index in [2.05, 4.69) is 4.99 Å². The van der Waals surface area contributed by atoms with Crippen molar-refractivity contribution in [2.24, 2.45) is 10.7 Å². The molecule has 0 saturated carbocycles. The minimum absolute atomic E-state index is 0.0904. The lowest BCUT2D eigenvalue weighted by atomic mass is 10.5. The van der Waals surface area contributed by atoms with E-state index in [4.69, 9.17) is 5.73 Å². The van der Waals surface area contributed by atoms with Crippen molar-refractivity contribution < 1.29 is 0 Å². The van der Waals surface area contributed by atoms with Crippen molar-refractivity contribution in [1.82, 2.24) is 4.90 Å². The molecule has 0 amide bonds. The Hall–Kier alpha value is -0.570. The summed E-state index contributed by atoms with van der Waals surface area (Å²) in [6.45, 7) is 3.79. The number of hydrogen-bond donors (Lipinski definition) is 1. The van der Waals surface area contributed by atoms with E-state index in [0.29, 0.717) is 0 Å². The van der Waals surface area contributed by atoms with Crippen molar-refractivity contribution in [3.8, 4) is 0 Å². The van der Waals surface area contributed by atoms with E-state index >= 15 is 0 Å². The van der Waals surface area contributed by atoms with Crippen LogP contribution in [0.4, 0.5) is 0 Å². The quantitative estimate of drug-likeness (QED) is 0.408. The minimum atomic E-state index is -0.0904. The van der Waals surface area contributed by atoms with Crippen molar-refractivity contribution in [2.75, 3.05) is 14.1 Å². The highest BCUT2D eigenvalue weighted by atomic mass is 15.1. The maximum Gasteiger partial charge on any atom is 0.0971 e. The molecule has 0 radical (unpaired) electrons. The van der Waals surface area contributed by atoms with Gasteiger partial charge in [0.15, 0.2) is 0 Å². The topological polar surface area (TPSA) is 41.6 Å². The van der Waals surface area contributed by atoms with Gasteiger partial charge in [-0.2, -0.15) is 0 Å². The molecule has 0 rings (SSSR count). The van der Waals surface area contributed by atoms with Crippen LogP contribution < -0.4 is 5.73 Å². The predicted molar refractivity (Wildman–Crippen MR) is 40.4 cm³/mol. The Bertz CT molecular complexity index is 105. The Morgan fingerprint density at radius 3 is 2.11 bits per heavy atom. The summed E-state index contributed by atoms with van der Waals surface area (Å²) in [4.78, 5) is 6.03. The normalized spacial score (nSPS) is 15.4. The van der Waals surface area contributed by atoms with E-state index < -0.39 is 0 Å². The van der Waals surface area contributed by atoms with Crippen LogP contribution in [-0.4, -0.2) is 31.0 Å². The first-order chi connectivity index (χ1) is 4.04. The van der Waals surface area contributed by atoms with Crippen molar-refractivity contribution in [2.45, 2.75) is 20.0 Å². The zero-order valence-corrected chi connectivity index (χ0v) is 6.55. The van der Waals surface area contributed by atoms with Gasteiger partial charge in [0.1, 0.15) is 0 Å². The average Bonchev–Trinajstić information content (AvgIpc) is 1.63. The molecule has 1 atom stereocenters. The molecule has 0 bridgehead atoms. The second-order valence-electron chi connectivity index (χ2n) is 2.31. The highest BCUT2D eigenvalue weighted by molar-refractivity contribution is 5.79. The molecule has 0 heterocycles. The molecule has 0 aliphatic rings. The molecule has 0 aliphatic heterocycles. The molecule has 0 aliphatic carbocycles. The maximum atomic E-state index is 5.42. The summed E-state index contributed by atoms with van der Waals surface area (Å²) in [5.74, 6) is 0.963. The number of hydrogen-bond acceptors (Lipinski definition) is 2. The van der Waals surface area contributed by atoms with Crippen molar-refractivity contribution in [1.29, 1.82) is 0 Å². The first-order valence-corrected chi connectivity index (χ1v) is 3.01. The summed E-state index contributed by atoms with van der Waals surface area (Å²) in [6.07, 6.45) is -0.0904. The van der Waals surface area contributed by atoms with Gasteiger partial charge in [-0.05, 0) is 13.8 Å². The van der Waals surface area contributed by atoms with Gasteiger partial charge in [0.05, 0.1) is 12.0 Å². The largest absolute Gasteiger partial charge is 0.367 e. The van der Waals surface area contributed by atoms with Crippen LogP contribution in [0.3, 0.4) is 0 Å². The lowest BCUT2D eigenvalue weighted by molar-refractivity contribution is 0.604. The predicted octanol–water partition coefficient (Wildman–Crippen LogP) is 0.271. The molecular weight excluding hydrogens is 114 g/mol. The third-order valence-corrected chi connectivity index (χ3v) is 1.04. The van der Waals surface area contributed by atoms with Crippen LogP contribution in [0.2, 0.25) is 0 Å². The molecule has 0 aromatic heterocycles. The maximum absolute atomic E-state index is 5.42. The Balaban J connectivity index is 3.84. The minimum Gasteiger partial charge on any atom is -0.367 e. The Kier molecular flexibility index (Phi) is 3.24. The van der Waals surface area contributed by atoms with Crippen molar-refractivity contribution in [3.05, 3.63) is 0 Å². The third-order valence-electron chi connectivity index (χ3n) is 1.04. The SMILES string of the molecule is C/C(=N\C(C)N)N(C)C. The van der Waals surface area contributed by atoms with Gasteiger partial charge >= 0.3 is 0 Å². The van der Waals surface area contributed by atoms with Crippen LogP contribution in [0.5, 0.6) is 0 Å². The van der Waals surface area contributed by atoms with Crippen LogP contribution in [0.25, 0.3) is 0 Å². The highest BCUT2D eigenvalue weighted by Crippen LogP contribution is 1.84. The van der Waals surface area contributed by atoms with Crippen LogP contribution >= 0.6 is 0 Å². The highest BCUT2D eigenvalue weighted by Gasteiger charge is 1.92. The molecule has 3 heteroatoms. The zero-order chi connectivity index (χ0) is 7.44. The summed E-state index contributed by atoms with van der Waals surface area (Å²) < 4.78 is 0. The molecule has 9 heavy (non-hydrogen) atoms. The lowest BCUT2D eigenvalue weighted by Crippen LogP contribution is -2.23. The summed E-state index contributed by atoms with van der Waals surface area (Å²) >= 11 is 0. The molecule has 1 unspecified atom stereocenters. The van der Waals surface area contributed by atoms with Crippen LogP contribution in [0, 0.1) is 0 Å². The molecule has 0 aromatic carbocycles. The van der Waals surface area contributed by atoms with Gasteiger partial charge < -0.3 is 10.6 Å². The zero-order valence-electron chi connectivity index (χ0n) is 6.55. The molecule has 0 saturated heterocycles. The number of nitrogens with two attached hydrogens (primary N) is 1. The first-order valence-electron chi connectivity index (χ1n) is 3.01. The standard InChI is InChI=1S/C6H15N3/c1-5(7)8-6(2)9(3)4/h5H,7H2,1-4H3/b8-6+. The van der Waals surface area contributed by atoms with Gasteiger partial charge in [-0.1, -0.05) is 0 Å². The number of rotatable bonds is 1. The van der Waals surface area contributed by atoms with Gasteiger partial charge in [-0.25, -0.2) is 0 Å². The summed E-state index contributed by atoms with van der Waals surface area (Å²) in [5, 5.41) is 0. The van der Waals surface area contributed by atoms with Crippen molar-refractivity contribution in [3.63, 3.8) is 0 Å². The summed E-state index contributed by atoms with van der Waals surface area (Å²) in [7, 11) is 3.89. The van der Waals surface area contributed by atoms with E-state index in [-0.39, 0.29) is 6.17 Å². The number of amidine groups is 1. The fourth-order valence-corrected chi connectivity index (χ4v) is 0.410. The van der Waals surface area contributed by atoms with E-state index in [9.17, 15) is 0 Å². The van der Waals surface area contributed by atoms with E-state index in [1.807, 2.05) is 32.8 Å². The Labute approximate surface area is 56.6 Å². The van der Waals surface area contributed by atoms with Crippen LogP contribution in [-0.2, 0) is 0 Å². The Morgan fingerprint density at radius 1 is 1.56 bits per heavy atom. The van der Waals surface area contributed by atoms with Gasteiger partial charge in [-0.3, -0.25) is 4.99 Å². The number of aliphatic imine (C=N–C) groups is 1. The third kappa shape index (κ3) is 3.97. The molecule has 2 N–H and O–H groups in total. The first kappa shape index (κ1) is 8.43. The van der Waals surface area contributed by atoms with Crippen LogP contribution in [0.1, 0.15) is 13.8 Å². The fourth-order valence-electron chi connectivity index (χ4n) is 0.410. The van der Waals surface area contributed by atoms with Crippen molar-refractivity contribution >= 4 is 5.84 Å². The smallest absolute Gasteiger partial charge is 0.0971 e. The molecule has 0 aromatic rings. The van der Waals surface area contributed by atoms with E-state index in [0.717, 1.165) is 5.84 Å². The second-order valence-corrected chi connectivity index (χ2v) is 2.31. The monoisotopic (exact) mass is 129 g/mol. The van der Waals surface area contributed by atoms with E-state index in [1.165, 1.54) is 0 Å². The fraction of sp³-hybridized carbons (Fsp3) is 0.833. The van der Waals surface area contributed by atoms with Gasteiger partial charge in [0.2, 0.25) is 0 Å².